The molecule has 0 N–H and O–H groups in total. The van der Waals surface area contributed by atoms with Crippen molar-refractivity contribution in [3.05, 3.63) is 35.4 Å². The predicted molar refractivity (Wildman–Crippen MR) is 106 cm³/mol. The first-order valence-electron chi connectivity index (χ1n) is 10.8. The van der Waals surface area contributed by atoms with Crippen LogP contribution in [0, 0.1) is 11.8 Å². The third-order valence-corrected chi connectivity index (χ3v) is 6.87. The summed E-state index contributed by atoms with van der Waals surface area (Å²) in [6, 6.07) is 7.98. The molecule has 146 valence electrons. The van der Waals surface area contributed by atoms with Crippen LogP contribution in [0.2, 0.25) is 0 Å². The lowest BCUT2D eigenvalue weighted by Gasteiger charge is -2.39. The molecule has 0 spiro atoms. The zero-order chi connectivity index (χ0) is 18.8. The van der Waals surface area contributed by atoms with Crippen molar-refractivity contribution in [2.24, 2.45) is 11.8 Å². The van der Waals surface area contributed by atoms with Gasteiger partial charge in [-0.1, -0.05) is 44.0 Å². The summed E-state index contributed by atoms with van der Waals surface area (Å²) in [5.41, 5.74) is 2.43. The number of amides is 2. The second-order valence-electron chi connectivity index (χ2n) is 8.87. The molecule has 0 unspecified atom stereocenters. The highest BCUT2D eigenvalue weighted by molar-refractivity contribution is 5.88. The smallest absolute Gasteiger partial charge is 0.245 e. The van der Waals surface area contributed by atoms with Gasteiger partial charge < -0.3 is 9.80 Å². The molecule has 1 aromatic carbocycles. The van der Waals surface area contributed by atoms with Crippen LogP contribution in [0.3, 0.4) is 0 Å². The van der Waals surface area contributed by atoms with Gasteiger partial charge in [-0.15, -0.1) is 0 Å². The van der Waals surface area contributed by atoms with E-state index < -0.39 is 0 Å². The van der Waals surface area contributed by atoms with Gasteiger partial charge in [0, 0.05) is 32.5 Å². The molecule has 2 heterocycles. The molecule has 1 aromatic rings. The van der Waals surface area contributed by atoms with Crippen LogP contribution in [0.5, 0.6) is 0 Å². The van der Waals surface area contributed by atoms with Gasteiger partial charge in [-0.25, -0.2) is 0 Å². The van der Waals surface area contributed by atoms with Crippen molar-refractivity contribution < 1.29 is 9.59 Å². The minimum absolute atomic E-state index is 0.160. The molecular formula is C23H32N2O2. The van der Waals surface area contributed by atoms with E-state index in [-0.39, 0.29) is 17.9 Å². The highest BCUT2D eigenvalue weighted by Gasteiger charge is 2.38. The van der Waals surface area contributed by atoms with Crippen molar-refractivity contribution in [3.8, 4) is 0 Å². The van der Waals surface area contributed by atoms with Crippen molar-refractivity contribution in [1.29, 1.82) is 0 Å². The van der Waals surface area contributed by atoms with Crippen LogP contribution in [0.15, 0.2) is 24.3 Å². The zero-order valence-corrected chi connectivity index (χ0v) is 16.5. The molecule has 1 atom stereocenters. The van der Waals surface area contributed by atoms with Crippen LogP contribution >= 0.6 is 0 Å². The molecule has 1 saturated carbocycles. The van der Waals surface area contributed by atoms with Crippen LogP contribution in [0.1, 0.15) is 63.0 Å². The molecule has 0 aromatic heterocycles. The highest BCUT2D eigenvalue weighted by atomic mass is 16.2. The fourth-order valence-electron chi connectivity index (χ4n) is 5.05. The number of rotatable bonds is 3. The standard InChI is InChI=1S/C23H32N2O2/c1-17-8-10-18(11-9-17)14-22(26)25-16-20-7-3-2-6-19(20)15-21(25)23(27)24-12-4-5-13-24/h2-3,6-7,17-18,21H,4-5,8-16H2,1H3/t17?,18?,21-/m1/s1. The van der Waals surface area contributed by atoms with Gasteiger partial charge in [0.1, 0.15) is 6.04 Å². The number of hydrogen-bond acceptors (Lipinski definition) is 2. The largest absolute Gasteiger partial charge is 0.341 e. The monoisotopic (exact) mass is 368 g/mol. The third kappa shape index (κ3) is 4.04. The van der Waals surface area contributed by atoms with Gasteiger partial charge in [0.25, 0.3) is 0 Å². The summed E-state index contributed by atoms with van der Waals surface area (Å²) in [4.78, 5) is 30.3. The number of nitrogens with zero attached hydrogens (tertiary/aromatic N) is 2. The van der Waals surface area contributed by atoms with Crippen LogP contribution in [0.25, 0.3) is 0 Å². The topological polar surface area (TPSA) is 40.6 Å². The summed E-state index contributed by atoms with van der Waals surface area (Å²) in [5, 5.41) is 0. The Morgan fingerprint density at radius 1 is 1.00 bits per heavy atom. The molecule has 0 bridgehead atoms. The second kappa shape index (κ2) is 8.04. The van der Waals surface area contributed by atoms with E-state index in [4.69, 9.17) is 0 Å². The van der Waals surface area contributed by atoms with E-state index in [0.717, 1.165) is 44.7 Å². The van der Waals surface area contributed by atoms with E-state index in [1.807, 2.05) is 21.9 Å². The van der Waals surface area contributed by atoms with Gasteiger partial charge >= 0.3 is 0 Å². The number of carbonyl (C=O) groups is 2. The van der Waals surface area contributed by atoms with E-state index in [0.29, 0.717) is 25.3 Å². The average Bonchev–Trinajstić information content (AvgIpc) is 3.23. The average molecular weight is 369 g/mol. The number of benzene rings is 1. The molecule has 2 amide bonds. The lowest BCUT2D eigenvalue weighted by molar-refractivity contribution is -0.147. The predicted octanol–water partition coefficient (Wildman–Crippen LogP) is 3.78. The van der Waals surface area contributed by atoms with E-state index in [9.17, 15) is 9.59 Å². The maximum Gasteiger partial charge on any atom is 0.245 e. The Labute approximate surface area is 162 Å². The van der Waals surface area contributed by atoms with Crippen molar-refractivity contribution in [1.82, 2.24) is 9.80 Å². The van der Waals surface area contributed by atoms with Gasteiger partial charge in [0.2, 0.25) is 11.8 Å². The van der Waals surface area contributed by atoms with Crippen LogP contribution in [-0.4, -0.2) is 40.7 Å². The maximum atomic E-state index is 13.2. The number of hydrogen-bond donors (Lipinski definition) is 0. The lowest BCUT2D eigenvalue weighted by Crippen LogP contribution is -2.53. The van der Waals surface area contributed by atoms with E-state index >= 15 is 0 Å². The number of carbonyl (C=O) groups excluding carboxylic acids is 2. The Morgan fingerprint density at radius 3 is 2.37 bits per heavy atom. The van der Waals surface area contributed by atoms with E-state index in [1.54, 1.807) is 0 Å². The molecule has 4 rings (SSSR count). The van der Waals surface area contributed by atoms with Gasteiger partial charge in [-0.2, -0.15) is 0 Å². The normalized spacial score (nSPS) is 28.1. The summed E-state index contributed by atoms with van der Waals surface area (Å²) in [6.45, 7) is 4.59. The Hall–Kier alpha value is -1.84. The second-order valence-corrected chi connectivity index (χ2v) is 8.87. The van der Waals surface area contributed by atoms with Crippen molar-refractivity contribution in [3.63, 3.8) is 0 Å². The molecule has 27 heavy (non-hydrogen) atoms. The molecule has 2 fully saturated rings. The molecular weight excluding hydrogens is 336 g/mol. The molecule has 2 aliphatic heterocycles. The lowest BCUT2D eigenvalue weighted by atomic mass is 9.81. The summed E-state index contributed by atoms with van der Waals surface area (Å²) in [5.74, 6) is 1.63. The van der Waals surface area contributed by atoms with Gasteiger partial charge in [-0.3, -0.25) is 9.59 Å². The fraction of sp³-hybridized carbons (Fsp3) is 0.652. The summed E-state index contributed by atoms with van der Waals surface area (Å²) in [7, 11) is 0. The first-order chi connectivity index (χ1) is 13.1. The minimum atomic E-state index is -0.312. The molecule has 0 radical (unpaired) electrons. The van der Waals surface area contributed by atoms with Crippen LogP contribution in [-0.2, 0) is 22.6 Å². The molecule has 4 nitrogen and oxygen atoms in total. The summed E-state index contributed by atoms with van der Waals surface area (Å²) < 4.78 is 0. The van der Waals surface area contributed by atoms with Crippen LogP contribution < -0.4 is 0 Å². The maximum absolute atomic E-state index is 13.2. The van der Waals surface area contributed by atoms with Crippen molar-refractivity contribution >= 4 is 11.8 Å². The first kappa shape index (κ1) is 18.5. The fourth-order valence-corrected chi connectivity index (χ4v) is 5.05. The van der Waals surface area contributed by atoms with E-state index in [2.05, 4.69) is 19.1 Å². The Balaban J connectivity index is 1.51. The summed E-state index contributed by atoms with van der Waals surface area (Å²) >= 11 is 0. The Bertz CT molecular complexity index is 687. The first-order valence-corrected chi connectivity index (χ1v) is 10.8. The van der Waals surface area contributed by atoms with Gasteiger partial charge in [0.15, 0.2) is 0 Å². The molecule has 3 aliphatic rings. The molecule has 1 saturated heterocycles. The van der Waals surface area contributed by atoms with Gasteiger partial charge in [-0.05, 0) is 48.6 Å². The number of likely N-dealkylation sites (tertiary alicyclic amines) is 1. The molecule has 1 aliphatic carbocycles. The van der Waals surface area contributed by atoms with Crippen molar-refractivity contribution in [2.75, 3.05) is 13.1 Å². The zero-order valence-electron chi connectivity index (χ0n) is 16.5. The number of fused-ring (bicyclic) bond motifs is 1. The van der Waals surface area contributed by atoms with Crippen LogP contribution in [0.4, 0.5) is 0 Å². The minimum Gasteiger partial charge on any atom is -0.341 e. The SMILES string of the molecule is CC1CCC(CC(=O)N2Cc3ccccc3C[C@@H]2C(=O)N2CCCC2)CC1. The third-order valence-electron chi connectivity index (χ3n) is 6.87. The quantitative estimate of drug-likeness (QED) is 0.815. The Morgan fingerprint density at radius 2 is 1.67 bits per heavy atom. The van der Waals surface area contributed by atoms with E-state index in [1.165, 1.54) is 24.0 Å². The van der Waals surface area contributed by atoms with Gasteiger partial charge in [0.05, 0.1) is 0 Å². The van der Waals surface area contributed by atoms with Crippen molar-refractivity contribution in [2.45, 2.75) is 70.9 Å². The molecule has 4 heteroatoms. The summed E-state index contributed by atoms with van der Waals surface area (Å²) in [6.07, 6.45) is 8.22. The highest BCUT2D eigenvalue weighted by Crippen LogP contribution is 2.32. The Kier molecular flexibility index (Phi) is 5.51.